The SMILES string of the molecule is CCc1nc(C)ccc1Oc1cc(Cl)c(Cl)cc1N. The van der Waals surface area contributed by atoms with E-state index < -0.39 is 0 Å². The molecule has 100 valence electrons. The number of nitrogens with two attached hydrogens (primary N) is 1. The summed E-state index contributed by atoms with van der Waals surface area (Å²) in [5.41, 5.74) is 8.14. The molecule has 0 aliphatic rings. The molecule has 0 saturated carbocycles. The number of hydrogen-bond acceptors (Lipinski definition) is 3. The first kappa shape index (κ1) is 14.0. The van der Waals surface area contributed by atoms with E-state index in [4.69, 9.17) is 33.7 Å². The molecule has 0 aliphatic carbocycles. The molecule has 0 radical (unpaired) electrons. The first-order chi connectivity index (χ1) is 9.01. The van der Waals surface area contributed by atoms with Gasteiger partial charge in [-0.15, -0.1) is 0 Å². The van der Waals surface area contributed by atoms with Crippen molar-refractivity contribution in [1.29, 1.82) is 0 Å². The van der Waals surface area contributed by atoms with Crippen LogP contribution in [0.4, 0.5) is 5.69 Å². The summed E-state index contributed by atoms with van der Waals surface area (Å²) in [6.07, 6.45) is 0.776. The second-order valence-corrected chi connectivity index (χ2v) is 4.97. The van der Waals surface area contributed by atoms with E-state index in [1.165, 1.54) is 0 Å². The molecule has 0 aliphatic heterocycles. The number of anilines is 1. The largest absolute Gasteiger partial charge is 0.453 e. The topological polar surface area (TPSA) is 48.1 Å². The van der Waals surface area contributed by atoms with Crippen molar-refractivity contribution in [2.24, 2.45) is 0 Å². The summed E-state index contributed by atoms with van der Waals surface area (Å²) in [5.74, 6) is 1.16. The van der Waals surface area contributed by atoms with Gasteiger partial charge in [-0.25, -0.2) is 0 Å². The van der Waals surface area contributed by atoms with Crippen molar-refractivity contribution in [3.05, 3.63) is 45.7 Å². The average Bonchev–Trinajstić information content (AvgIpc) is 2.37. The smallest absolute Gasteiger partial charge is 0.151 e. The van der Waals surface area contributed by atoms with Crippen molar-refractivity contribution in [2.75, 3.05) is 5.73 Å². The summed E-state index contributed by atoms with van der Waals surface area (Å²) in [6, 6.07) is 6.95. The van der Waals surface area contributed by atoms with Crippen molar-refractivity contribution < 1.29 is 4.74 Å². The number of rotatable bonds is 3. The van der Waals surface area contributed by atoms with Gasteiger partial charge in [0, 0.05) is 11.8 Å². The summed E-state index contributed by atoms with van der Waals surface area (Å²) < 4.78 is 5.79. The average molecular weight is 297 g/mol. The van der Waals surface area contributed by atoms with Crippen molar-refractivity contribution >= 4 is 28.9 Å². The third kappa shape index (κ3) is 3.11. The lowest BCUT2D eigenvalue weighted by molar-refractivity contribution is 0.475. The van der Waals surface area contributed by atoms with Crippen molar-refractivity contribution in [3.63, 3.8) is 0 Å². The molecule has 0 saturated heterocycles. The highest BCUT2D eigenvalue weighted by atomic mass is 35.5. The molecule has 0 atom stereocenters. The van der Waals surface area contributed by atoms with Gasteiger partial charge in [-0.2, -0.15) is 0 Å². The summed E-state index contributed by atoms with van der Waals surface area (Å²) in [4.78, 5) is 4.43. The van der Waals surface area contributed by atoms with Crippen LogP contribution in [0.1, 0.15) is 18.3 Å². The van der Waals surface area contributed by atoms with Crippen LogP contribution in [-0.2, 0) is 6.42 Å². The Bertz CT molecular complexity index is 615. The van der Waals surface area contributed by atoms with Crippen LogP contribution in [0.25, 0.3) is 0 Å². The van der Waals surface area contributed by atoms with Gasteiger partial charge >= 0.3 is 0 Å². The highest BCUT2D eigenvalue weighted by molar-refractivity contribution is 6.42. The third-order valence-corrected chi connectivity index (χ3v) is 3.40. The first-order valence-corrected chi connectivity index (χ1v) is 6.65. The fourth-order valence-corrected chi connectivity index (χ4v) is 2.02. The third-order valence-electron chi connectivity index (χ3n) is 2.68. The minimum absolute atomic E-state index is 0.406. The molecule has 0 bridgehead atoms. The molecule has 1 aromatic heterocycles. The normalized spacial score (nSPS) is 10.5. The Balaban J connectivity index is 2.39. The Kier molecular flexibility index (Phi) is 4.17. The van der Waals surface area contributed by atoms with Crippen molar-refractivity contribution in [2.45, 2.75) is 20.3 Å². The number of hydrogen-bond donors (Lipinski definition) is 1. The minimum atomic E-state index is 0.406. The van der Waals surface area contributed by atoms with Crippen LogP contribution in [0.3, 0.4) is 0 Å². The molecular formula is C14H14Cl2N2O. The zero-order chi connectivity index (χ0) is 14.0. The zero-order valence-electron chi connectivity index (χ0n) is 10.7. The van der Waals surface area contributed by atoms with E-state index in [0.29, 0.717) is 27.2 Å². The van der Waals surface area contributed by atoms with Crippen LogP contribution >= 0.6 is 23.2 Å². The van der Waals surface area contributed by atoms with Gasteiger partial charge in [0.25, 0.3) is 0 Å². The van der Waals surface area contributed by atoms with E-state index in [0.717, 1.165) is 17.8 Å². The molecule has 0 unspecified atom stereocenters. The molecule has 0 amide bonds. The molecule has 1 aromatic carbocycles. The van der Waals surface area contributed by atoms with Crippen LogP contribution in [-0.4, -0.2) is 4.98 Å². The van der Waals surface area contributed by atoms with Crippen LogP contribution in [0.2, 0.25) is 10.0 Å². The number of pyridine rings is 1. The molecule has 1 heterocycles. The first-order valence-electron chi connectivity index (χ1n) is 5.90. The summed E-state index contributed by atoms with van der Waals surface area (Å²) in [5, 5.41) is 0.813. The van der Waals surface area contributed by atoms with Crippen LogP contribution < -0.4 is 10.5 Å². The van der Waals surface area contributed by atoms with E-state index in [1.54, 1.807) is 12.1 Å². The molecule has 2 aromatic rings. The van der Waals surface area contributed by atoms with E-state index in [2.05, 4.69) is 4.98 Å². The van der Waals surface area contributed by atoms with Gasteiger partial charge in [0.1, 0.15) is 5.75 Å². The lowest BCUT2D eigenvalue weighted by atomic mass is 10.2. The maximum absolute atomic E-state index is 5.97. The summed E-state index contributed by atoms with van der Waals surface area (Å²) >= 11 is 11.9. The van der Waals surface area contributed by atoms with Crippen molar-refractivity contribution in [1.82, 2.24) is 4.98 Å². The fraction of sp³-hybridized carbons (Fsp3) is 0.214. The zero-order valence-corrected chi connectivity index (χ0v) is 12.2. The predicted molar refractivity (Wildman–Crippen MR) is 79.3 cm³/mol. The van der Waals surface area contributed by atoms with Gasteiger partial charge in [-0.05, 0) is 31.5 Å². The Morgan fingerprint density at radius 2 is 1.84 bits per heavy atom. The lowest BCUT2D eigenvalue weighted by Gasteiger charge is -2.12. The molecule has 5 heteroatoms. The fourth-order valence-electron chi connectivity index (χ4n) is 1.69. The van der Waals surface area contributed by atoms with Crippen molar-refractivity contribution in [3.8, 4) is 11.5 Å². The van der Waals surface area contributed by atoms with Crippen LogP contribution in [0.5, 0.6) is 11.5 Å². The molecule has 2 N–H and O–H groups in total. The van der Waals surface area contributed by atoms with E-state index in [9.17, 15) is 0 Å². The van der Waals surface area contributed by atoms with E-state index in [1.807, 2.05) is 26.0 Å². The highest BCUT2D eigenvalue weighted by Gasteiger charge is 2.10. The molecule has 0 spiro atoms. The number of aryl methyl sites for hydroxylation is 2. The minimum Gasteiger partial charge on any atom is -0.453 e. The maximum Gasteiger partial charge on any atom is 0.151 e. The summed E-state index contributed by atoms with van der Waals surface area (Å²) in [7, 11) is 0. The highest BCUT2D eigenvalue weighted by Crippen LogP contribution is 2.35. The van der Waals surface area contributed by atoms with Crippen LogP contribution in [0, 0.1) is 6.92 Å². The van der Waals surface area contributed by atoms with E-state index >= 15 is 0 Å². The Labute approximate surface area is 122 Å². The lowest BCUT2D eigenvalue weighted by Crippen LogP contribution is -1.98. The molecular weight excluding hydrogens is 283 g/mol. The number of ether oxygens (including phenoxy) is 1. The Morgan fingerprint density at radius 1 is 1.16 bits per heavy atom. The summed E-state index contributed by atoms with van der Waals surface area (Å²) in [6.45, 7) is 3.96. The second kappa shape index (κ2) is 5.68. The number of aromatic nitrogens is 1. The molecule has 19 heavy (non-hydrogen) atoms. The number of nitrogen functional groups attached to an aromatic ring is 1. The van der Waals surface area contributed by atoms with Gasteiger partial charge in [-0.3, -0.25) is 4.98 Å². The number of halogens is 2. The second-order valence-electron chi connectivity index (χ2n) is 4.16. The van der Waals surface area contributed by atoms with Gasteiger partial charge < -0.3 is 10.5 Å². The Morgan fingerprint density at radius 3 is 2.53 bits per heavy atom. The van der Waals surface area contributed by atoms with Gasteiger partial charge in [0.05, 0.1) is 21.4 Å². The van der Waals surface area contributed by atoms with Crippen LogP contribution in [0.15, 0.2) is 24.3 Å². The molecule has 3 nitrogen and oxygen atoms in total. The number of benzene rings is 1. The standard InChI is InChI=1S/C14H14Cl2N2O/c1-3-12-13(5-4-8(2)18-12)19-14-7-10(16)9(15)6-11(14)17/h4-7H,3,17H2,1-2H3. The van der Waals surface area contributed by atoms with Gasteiger partial charge in [0.15, 0.2) is 5.75 Å². The predicted octanol–water partition coefficient (Wildman–Crippen LogP) is 4.63. The maximum atomic E-state index is 5.97. The molecule has 0 fully saturated rings. The van der Waals surface area contributed by atoms with Gasteiger partial charge in [-0.1, -0.05) is 30.1 Å². The monoisotopic (exact) mass is 296 g/mol. The number of nitrogens with zero attached hydrogens (tertiary/aromatic N) is 1. The molecule has 2 rings (SSSR count). The Hall–Kier alpha value is -1.45. The van der Waals surface area contributed by atoms with E-state index in [-0.39, 0.29) is 0 Å². The van der Waals surface area contributed by atoms with Gasteiger partial charge in [0.2, 0.25) is 0 Å². The quantitative estimate of drug-likeness (QED) is 0.840.